The molecule has 0 saturated carbocycles. The van der Waals surface area contributed by atoms with E-state index < -0.39 is 10.0 Å². The number of unbranched alkanes of at least 4 members (excludes halogenated alkanes) is 2. The molecule has 0 radical (unpaired) electrons. The lowest BCUT2D eigenvalue weighted by Crippen LogP contribution is -2.19. The van der Waals surface area contributed by atoms with Crippen LogP contribution in [0, 0.1) is 11.8 Å². The number of aryl methyl sites for hydroxylation is 1. The summed E-state index contributed by atoms with van der Waals surface area (Å²) in [6.45, 7) is 4.14. The molecule has 0 amide bonds. The minimum Gasteiger partial charge on any atom is -0.214 e. The van der Waals surface area contributed by atoms with Gasteiger partial charge in [0.1, 0.15) is 0 Å². The highest BCUT2D eigenvalue weighted by molar-refractivity contribution is 7.89. The van der Waals surface area contributed by atoms with E-state index in [0.717, 1.165) is 31.2 Å². The molecule has 1 aromatic carbocycles. The molecule has 0 fully saturated rings. The molecule has 1 N–H and O–H groups in total. The van der Waals surface area contributed by atoms with Crippen LogP contribution in [-0.4, -0.2) is 15.5 Å². The van der Waals surface area contributed by atoms with E-state index in [9.17, 15) is 8.42 Å². The lowest BCUT2D eigenvalue weighted by atomic mass is 10.1. The van der Waals surface area contributed by atoms with Gasteiger partial charge in [-0.3, -0.25) is 0 Å². The second-order valence-electron chi connectivity index (χ2n) is 4.30. The Hall–Kier alpha value is -1.31. The second kappa shape index (κ2) is 7.32. The Morgan fingerprint density at radius 2 is 2.00 bits per heavy atom. The lowest BCUT2D eigenvalue weighted by Gasteiger charge is -2.07. The van der Waals surface area contributed by atoms with Crippen LogP contribution in [0.1, 0.15) is 44.2 Å². The predicted molar refractivity (Wildman–Crippen MR) is 78.5 cm³/mol. The van der Waals surface area contributed by atoms with Crippen LogP contribution in [0.2, 0.25) is 0 Å². The van der Waals surface area contributed by atoms with E-state index >= 15 is 0 Å². The van der Waals surface area contributed by atoms with Gasteiger partial charge in [0, 0.05) is 12.0 Å². The van der Waals surface area contributed by atoms with Crippen LogP contribution < -0.4 is 4.72 Å². The standard InChI is InChI=1S/C15H21NO2S/c1-4-6-7-8-9-14-12-13(5-2)10-11-15(14)19(17,18)16-3/h10-12,16H,4-7H2,1-3H3. The molecule has 4 heteroatoms. The fraction of sp³-hybridized carbons (Fsp3) is 0.467. The maximum Gasteiger partial charge on any atom is 0.241 e. The first-order chi connectivity index (χ1) is 9.05. The number of rotatable bonds is 5. The van der Waals surface area contributed by atoms with Crippen LogP contribution in [0.3, 0.4) is 0 Å². The SMILES string of the molecule is CCCCC#Cc1cc(CC)ccc1S(=O)(=O)NC. The highest BCUT2D eigenvalue weighted by atomic mass is 32.2. The van der Waals surface area contributed by atoms with Crippen LogP contribution in [0.25, 0.3) is 0 Å². The molecule has 0 unspecified atom stereocenters. The van der Waals surface area contributed by atoms with Crippen LogP contribution >= 0.6 is 0 Å². The summed E-state index contributed by atoms with van der Waals surface area (Å²) in [6, 6.07) is 5.33. The third-order valence-electron chi connectivity index (χ3n) is 2.89. The minimum absolute atomic E-state index is 0.260. The molecule has 0 aliphatic heterocycles. The molecule has 0 saturated heterocycles. The van der Waals surface area contributed by atoms with E-state index in [0.29, 0.717) is 5.56 Å². The maximum absolute atomic E-state index is 11.9. The van der Waals surface area contributed by atoms with Crippen molar-refractivity contribution in [3.8, 4) is 11.8 Å². The Morgan fingerprint density at radius 1 is 1.26 bits per heavy atom. The quantitative estimate of drug-likeness (QED) is 0.665. The molecule has 0 aliphatic rings. The smallest absolute Gasteiger partial charge is 0.214 e. The van der Waals surface area contributed by atoms with Gasteiger partial charge in [0.25, 0.3) is 0 Å². The molecule has 0 bridgehead atoms. The van der Waals surface area contributed by atoms with E-state index in [2.05, 4.69) is 23.5 Å². The zero-order valence-corrected chi connectivity index (χ0v) is 12.6. The molecular weight excluding hydrogens is 258 g/mol. The van der Waals surface area contributed by atoms with Crippen molar-refractivity contribution in [2.45, 2.75) is 44.4 Å². The summed E-state index contributed by atoms with van der Waals surface area (Å²) in [5.41, 5.74) is 1.68. The summed E-state index contributed by atoms with van der Waals surface area (Å²) in [4.78, 5) is 0.260. The van der Waals surface area contributed by atoms with Crippen LogP contribution in [-0.2, 0) is 16.4 Å². The van der Waals surface area contributed by atoms with Gasteiger partial charge in [-0.05, 0) is 37.6 Å². The maximum atomic E-state index is 11.9. The zero-order chi connectivity index (χ0) is 14.3. The van der Waals surface area contributed by atoms with Crippen molar-refractivity contribution in [1.29, 1.82) is 0 Å². The zero-order valence-electron chi connectivity index (χ0n) is 11.8. The third kappa shape index (κ3) is 4.38. The number of hydrogen-bond acceptors (Lipinski definition) is 2. The summed E-state index contributed by atoms with van der Waals surface area (Å²) in [6.07, 6.45) is 3.79. The van der Waals surface area contributed by atoms with Crippen molar-refractivity contribution >= 4 is 10.0 Å². The molecule has 0 aromatic heterocycles. The third-order valence-corrected chi connectivity index (χ3v) is 4.36. The molecule has 3 nitrogen and oxygen atoms in total. The summed E-state index contributed by atoms with van der Waals surface area (Å²) in [5, 5.41) is 0. The Balaban J connectivity index is 3.20. The van der Waals surface area contributed by atoms with Crippen molar-refractivity contribution in [3.05, 3.63) is 29.3 Å². The highest BCUT2D eigenvalue weighted by Crippen LogP contribution is 2.17. The largest absolute Gasteiger partial charge is 0.241 e. The average Bonchev–Trinajstić information content (AvgIpc) is 2.43. The van der Waals surface area contributed by atoms with Gasteiger partial charge in [0.15, 0.2) is 0 Å². The van der Waals surface area contributed by atoms with Gasteiger partial charge >= 0.3 is 0 Å². The van der Waals surface area contributed by atoms with E-state index in [1.165, 1.54) is 7.05 Å². The van der Waals surface area contributed by atoms with Gasteiger partial charge in [0.05, 0.1) is 4.90 Å². The van der Waals surface area contributed by atoms with E-state index in [1.807, 2.05) is 19.1 Å². The topological polar surface area (TPSA) is 46.2 Å². The second-order valence-corrected chi connectivity index (χ2v) is 6.15. The highest BCUT2D eigenvalue weighted by Gasteiger charge is 2.15. The minimum atomic E-state index is -3.45. The first-order valence-electron chi connectivity index (χ1n) is 6.60. The molecule has 19 heavy (non-hydrogen) atoms. The summed E-state index contributed by atoms with van der Waals surface area (Å²) < 4.78 is 26.2. The molecule has 0 spiro atoms. The number of sulfonamides is 1. The van der Waals surface area contributed by atoms with Gasteiger partial charge in [0.2, 0.25) is 10.0 Å². The monoisotopic (exact) mass is 279 g/mol. The number of nitrogens with one attached hydrogen (secondary N) is 1. The van der Waals surface area contributed by atoms with Crippen LogP contribution in [0.4, 0.5) is 0 Å². The first-order valence-corrected chi connectivity index (χ1v) is 8.08. The van der Waals surface area contributed by atoms with Crippen molar-refractivity contribution in [2.75, 3.05) is 7.05 Å². The Labute approximate surface area is 116 Å². The van der Waals surface area contributed by atoms with Gasteiger partial charge in [-0.15, -0.1) is 0 Å². The summed E-state index contributed by atoms with van der Waals surface area (Å²) in [7, 11) is -2.03. The van der Waals surface area contributed by atoms with Crippen molar-refractivity contribution < 1.29 is 8.42 Å². The van der Waals surface area contributed by atoms with Crippen molar-refractivity contribution in [3.63, 3.8) is 0 Å². The normalized spacial score (nSPS) is 10.9. The van der Waals surface area contributed by atoms with Gasteiger partial charge in [-0.1, -0.05) is 38.2 Å². The van der Waals surface area contributed by atoms with E-state index in [-0.39, 0.29) is 4.90 Å². The Bertz CT molecular complexity index is 580. The molecule has 104 valence electrons. The molecule has 1 aromatic rings. The van der Waals surface area contributed by atoms with Crippen LogP contribution in [0.5, 0.6) is 0 Å². The Morgan fingerprint density at radius 3 is 2.58 bits per heavy atom. The van der Waals surface area contributed by atoms with Crippen LogP contribution in [0.15, 0.2) is 23.1 Å². The van der Waals surface area contributed by atoms with E-state index in [1.54, 1.807) is 6.07 Å². The summed E-state index contributed by atoms with van der Waals surface area (Å²) in [5.74, 6) is 6.04. The Kier molecular flexibility index (Phi) is 6.07. The van der Waals surface area contributed by atoms with Gasteiger partial charge in [-0.2, -0.15) is 0 Å². The predicted octanol–water partition coefficient (Wildman–Crippen LogP) is 2.70. The number of hydrogen-bond donors (Lipinski definition) is 1. The average molecular weight is 279 g/mol. The molecule has 0 atom stereocenters. The number of benzene rings is 1. The molecule has 0 heterocycles. The molecule has 0 aliphatic carbocycles. The first kappa shape index (κ1) is 15.7. The fourth-order valence-electron chi connectivity index (χ4n) is 1.66. The molecular formula is C15H21NO2S. The van der Waals surface area contributed by atoms with Crippen molar-refractivity contribution in [1.82, 2.24) is 4.72 Å². The fourth-order valence-corrected chi connectivity index (χ4v) is 2.53. The van der Waals surface area contributed by atoms with E-state index in [4.69, 9.17) is 0 Å². The van der Waals surface area contributed by atoms with Crippen molar-refractivity contribution in [2.24, 2.45) is 0 Å². The molecule has 1 rings (SSSR count). The summed E-state index contributed by atoms with van der Waals surface area (Å²) >= 11 is 0. The lowest BCUT2D eigenvalue weighted by molar-refractivity contribution is 0.588. The van der Waals surface area contributed by atoms with Gasteiger partial charge < -0.3 is 0 Å². The van der Waals surface area contributed by atoms with Gasteiger partial charge in [-0.25, -0.2) is 13.1 Å².